The first kappa shape index (κ1) is 22.0. The van der Waals surface area contributed by atoms with E-state index in [2.05, 4.69) is 20.4 Å². The van der Waals surface area contributed by atoms with Crippen LogP contribution in [0.3, 0.4) is 0 Å². The third-order valence-corrected chi connectivity index (χ3v) is 12.4. The Bertz CT molecular complexity index is 991. The zero-order chi connectivity index (χ0) is 23.8. The van der Waals surface area contributed by atoms with Gasteiger partial charge in [-0.3, -0.25) is 4.79 Å². The van der Waals surface area contributed by atoms with E-state index in [9.17, 15) is 14.7 Å². The van der Waals surface area contributed by atoms with Crippen LogP contribution in [0, 0.1) is 40.4 Å². The van der Waals surface area contributed by atoms with E-state index in [-0.39, 0.29) is 46.9 Å². The summed E-state index contributed by atoms with van der Waals surface area (Å²) in [6.45, 7) is 10.8. The number of ketones is 1. The number of carbonyl (C=O) groups is 2. The molecule has 0 aromatic heterocycles. The van der Waals surface area contributed by atoms with Crippen LogP contribution in [0.2, 0.25) is 0 Å². The van der Waals surface area contributed by atoms with E-state index in [0.717, 1.165) is 32.1 Å². The van der Waals surface area contributed by atoms with Crippen LogP contribution in [0.4, 0.5) is 0 Å². The number of aliphatic hydroxyl groups is 1. The number of carbonyl (C=O) groups excluding carboxylic acids is 2. The lowest BCUT2D eigenvalue weighted by molar-refractivity contribution is -0.210. The zero-order valence-electron chi connectivity index (χ0n) is 20.7. The van der Waals surface area contributed by atoms with Gasteiger partial charge >= 0.3 is 5.97 Å². The number of esters is 1. The fraction of sp³-hybridized carbons (Fsp3) is 0.857. The molecule has 186 valence electrons. The van der Waals surface area contributed by atoms with Crippen molar-refractivity contribution in [3.8, 4) is 0 Å². The normalized spacial score (nSPS) is 59.9. The molecule has 6 heteroatoms. The van der Waals surface area contributed by atoms with Gasteiger partial charge in [-0.1, -0.05) is 13.5 Å². The summed E-state index contributed by atoms with van der Waals surface area (Å²) in [5, 5.41) is 11.8. The summed E-state index contributed by atoms with van der Waals surface area (Å²) in [6, 6.07) is 0. The monoisotopic (exact) mass is 470 g/mol. The van der Waals surface area contributed by atoms with Crippen LogP contribution >= 0.6 is 0 Å². The van der Waals surface area contributed by atoms with Crippen molar-refractivity contribution in [3.63, 3.8) is 0 Å². The van der Waals surface area contributed by atoms with Gasteiger partial charge in [0.25, 0.3) is 0 Å². The summed E-state index contributed by atoms with van der Waals surface area (Å²) in [5.41, 5.74) is -1.23. The second kappa shape index (κ2) is 6.54. The van der Waals surface area contributed by atoms with Gasteiger partial charge in [0.1, 0.15) is 23.1 Å². The molecule has 0 aromatic carbocycles. The summed E-state index contributed by atoms with van der Waals surface area (Å²) < 4.78 is 18.6. The molecule has 1 spiro atoms. The topological polar surface area (TPSA) is 85.4 Å². The number of ether oxygens (including phenoxy) is 3. The maximum Gasteiger partial charge on any atom is 0.336 e. The highest BCUT2D eigenvalue weighted by atomic mass is 16.6. The van der Waals surface area contributed by atoms with Crippen LogP contribution < -0.4 is 0 Å². The zero-order valence-corrected chi connectivity index (χ0v) is 20.7. The SMILES string of the molecule is C=C1C(=O)O[C@@H]2CC1(C)OC[C@H]2C1CCC2C3C[C@@H]4OC45CCCC(=O)C5(C)C3C[C@@H](O)C21C. The molecule has 0 radical (unpaired) electrons. The Kier molecular flexibility index (Phi) is 4.23. The van der Waals surface area contributed by atoms with E-state index in [0.29, 0.717) is 49.1 Å². The minimum Gasteiger partial charge on any atom is -0.458 e. The Balaban J connectivity index is 1.21. The van der Waals surface area contributed by atoms with Crippen molar-refractivity contribution in [2.24, 2.45) is 40.4 Å². The van der Waals surface area contributed by atoms with Gasteiger partial charge in [-0.15, -0.1) is 0 Å². The van der Waals surface area contributed by atoms with Gasteiger partial charge in [0.15, 0.2) is 0 Å². The maximum absolute atomic E-state index is 13.4. The number of Topliss-reactive ketones (excluding diaryl/α,β-unsaturated/α-hetero) is 1. The molecule has 34 heavy (non-hydrogen) atoms. The van der Waals surface area contributed by atoms with Crippen LogP contribution in [-0.4, -0.2) is 53.0 Å². The molecule has 7 fully saturated rings. The van der Waals surface area contributed by atoms with E-state index in [1.807, 2.05) is 6.92 Å². The van der Waals surface area contributed by atoms with Crippen molar-refractivity contribution in [2.45, 2.75) is 102 Å². The van der Waals surface area contributed by atoms with Crippen molar-refractivity contribution < 1.29 is 28.9 Å². The molecule has 0 aromatic rings. The smallest absolute Gasteiger partial charge is 0.336 e. The molecule has 7 aliphatic rings. The molecule has 12 atom stereocenters. The minimum absolute atomic E-state index is 0.0816. The Hall–Kier alpha value is -1.24. The number of aliphatic hydroxyl groups excluding tert-OH is 1. The highest BCUT2D eigenvalue weighted by Crippen LogP contribution is 2.73. The molecule has 4 aliphatic carbocycles. The predicted molar refractivity (Wildman–Crippen MR) is 123 cm³/mol. The lowest BCUT2D eigenvalue weighted by Gasteiger charge is -2.60. The summed E-state index contributed by atoms with van der Waals surface area (Å²) in [6.07, 6.45) is 6.48. The van der Waals surface area contributed by atoms with Gasteiger partial charge in [-0.2, -0.15) is 0 Å². The highest BCUT2D eigenvalue weighted by Gasteiger charge is 2.78. The van der Waals surface area contributed by atoms with Gasteiger partial charge in [-0.05, 0) is 81.5 Å². The molecule has 8 unspecified atom stereocenters. The summed E-state index contributed by atoms with van der Waals surface area (Å²) in [5.74, 6) is 1.26. The molecule has 6 nitrogen and oxygen atoms in total. The van der Waals surface area contributed by atoms with Gasteiger partial charge in [0.05, 0.1) is 29.8 Å². The molecule has 1 N–H and O–H groups in total. The summed E-state index contributed by atoms with van der Waals surface area (Å²) in [4.78, 5) is 25.9. The van der Waals surface area contributed by atoms with Crippen molar-refractivity contribution in [1.82, 2.24) is 0 Å². The molecule has 3 heterocycles. The first-order valence-corrected chi connectivity index (χ1v) is 13.5. The fourth-order valence-corrected chi connectivity index (χ4v) is 10.3. The lowest BCUT2D eigenvalue weighted by Crippen LogP contribution is -2.64. The molecule has 2 bridgehead atoms. The van der Waals surface area contributed by atoms with Crippen LogP contribution in [-0.2, 0) is 23.8 Å². The third-order valence-electron chi connectivity index (χ3n) is 12.4. The first-order chi connectivity index (χ1) is 16.1. The summed E-state index contributed by atoms with van der Waals surface area (Å²) in [7, 11) is 0. The molecule has 3 aliphatic heterocycles. The van der Waals surface area contributed by atoms with Crippen molar-refractivity contribution in [1.29, 1.82) is 0 Å². The second-order valence-electron chi connectivity index (χ2n) is 13.2. The molecular formula is C28H38O6. The van der Waals surface area contributed by atoms with E-state index in [1.165, 1.54) is 0 Å². The fourth-order valence-electron chi connectivity index (χ4n) is 10.3. The Labute approximate surface area is 201 Å². The number of hydrogen-bond donors (Lipinski definition) is 1. The number of fused-ring (bicyclic) bond motifs is 6. The van der Waals surface area contributed by atoms with E-state index < -0.39 is 17.1 Å². The molecule has 4 saturated carbocycles. The van der Waals surface area contributed by atoms with E-state index in [1.54, 1.807) is 0 Å². The van der Waals surface area contributed by atoms with Crippen molar-refractivity contribution in [3.05, 3.63) is 12.2 Å². The predicted octanol–water partition coefficient (Wildman–Crippen LogP) is 3.59. The van der Waals surface area contributed by atoms with Crippen LogP contribution in [0.25, 0.3) is 0 Å². The van der Waals surface area contributed by atoms with Gasteiger partial charge < -0.3 is 19.3 Å². The van der Waals surface area contributed by atoms with Gasteiger partial charge in [-0.25, -0.2) is 4.79 Å². The minimum atomic E-state index is -0.641. The standard InChI is InChI=1S/C28H38O6/c1-14-24(31)33-20-12-25(14,2)32-13-16(20)18-8-7-17-15-10-23-28(34-23)9-5-6-21(29)27(28,4)19(15)11-22(30)26(17,18)3/h15-20,22-23,30H,1,5-13H2,2-4H3/t15?,16-,17?,18?,19?,20+,22+,23-,25?,26?,27?,28?/m0/s1. The largest absolute Gasteiger partial charge is 0.458 e. The molecule has 0 amide bonds. The quantitative estimate of drug-likeness (QED) is 0.358. The van der Waals surface area contributed by atoms with Gasteiger partial charge in [0, 0.05) is 18.8 Å². The van der Waals surface area contributed by atoms with Crippen molar-refractivity contribution in [2.75, 3.05) is 6.61 Å². The van der Waals surface area contributed by atoms with Crippen LogP contribution in [0.5, 0.6) is 0 Å². The van der Waals surface area contributed by atoms with E-state index in [4.69, 9.17) is 14.2 Å². The highest BCUT2D eigenvalue weighted by molar-refractivity contribution is 5.91. The Morgan fingerprint density at radius 3 is 2.53 bits per heavy atom. The van der Waals surface area contributed by atoms with E-state index >= 15 is 0 Å². The Morgan fingerprint density at radius 2 is 1.76 bits per heavy atom. The molecular weight excluding hydrogens is 432 g/mol. The number of rotatable bonds is 1. The molecule has 7 rings (SSSR count). The number of epoxide rings is 1. The maximum atomic E-state index is 13.4. The van der Waals surface area contributed by atoms with Crippen LogP contribution in [0.15, 0.2) is 12.2 Å². The van der Waals surface area contributed by atoms with Crippen molar-refractivity contribution >= 4 is 11.8 Å². The number of hydrogen-bond acceptors (Lipinski definition) is 6. The Morgan fingerprint density at radius 1 is 1.03 bits per heavy atom. The summed E-state index contributed by atoms with van der Waals surface area (Å²) >= 11 is 0. The second-order valence-corrected chi connectivity index (χ2v) is 13.2. The third kappa shape index (κ3) is 2.35. The average molecular weight is 471 g/mol. The van der Waals surface area contributed by atoms with Crippen LogP contribution in [0.1, 0.15) is 72.1 Å². The lowest BCUT2D eigenvalue weighted by atomic mass is 9.43. The average Bonchev–Trinajstić information content (AvgIpc) is 3.39. The molecule has 3 saturated heterocycles. The first-order valence-electron chi connectivity index (χ1n) is 13.5. The van der Waals surface area contributed by atoms with Gasteiger partial charge in [0.2, 0.25) is 0 Å².